The molecule has 0 saturated heterocycles. The summed E-state index contributed by atoms with van der Waals surface area (Å²) in [7, 11) is 3.03. The summed E-state index contributed by atoms with van der Waals surface area (Å²) in [5.41, 5.74) is 0.883. The van der Waals surface area contributed by atoms with E-state index in [4.69, 9.17) is 32.7 Å². The SMILES string of the molecule is COc1cc(Cl)c(C(Cl)c2cc(Br)ccc2F)cc1OC. The first-order valence-electron chi connectivity index (χ1n) is 5.98. The van der Waals surface area contributed by atoms with Gasteiger partial charge in [0.05, 0.1) is 19.6 Å². The van der Waals surface area contributed by atoms with Crippen LogP contribution in [0.5, 0.6) is 11.5 Å². The van der Waals surface area contributed by atoms with Crippen molar-refractivity contribution in [2.75, 3.05) is 14.2 Å². The number of ether oxygens (including phenoxy) is 2. The normalized spacial score (nSPS) is 12.1. The molecule has 0 N–H and O–H groups in total. The Morgan fingerprint density at radius 3 is 2.29 bits per heavy atom. The number of methoxy groups -OCH3 is 2. The van der Waals surface area contributed by atoms with E-state index < -0.39 is 11.2 Å². The first-order chi connectivity index (χ1) is 9.97. The van der Waals surface area contributed by atoms with Crippen molar-refractivity contribution >= 4 is 39.1 Å². The minimum atomic E-state index is -0.741. The Hall–Kier alpha value is -0.970. The standard InChI is InChI=1S/C15H12BrCl2FO2/c1-20-13-6-9(11(17)7-14(13)21-2)15(18)10-5-8(16)3-4-12(10)19/h3-7,15H,1-2H3. The zero-order chi connectivity index (χ0) is 15.6. The second-order valence-electron chi connectivity index (χ2n) is 4.26. The monoisotopic (exact) mass is 392 g/mol. The minimum Gasteiger partial charge on any atom is -0.493 e. The molecule has 0 spiro atoms. The molecule has 0 aromatic heterocycles. The summed E-state index contributed by atoms with van der Waals surface area (Å²) in [5, 5.41) is -0.359. The highest BCUT2D eigenvalue weighted by molar-refractivity contribution is 9.10. The first-order valence-corrected chi connectivity index (χ1v) is 7.59. The van der Waals surface area contributed by atoms with Gasteiger partial charge >= 0.3 is 0 Å². The van der Waals surface area contributed by atoms with Crippen LogP contribution >= 0.6 is 39.1 Å². The third-order valence-corrected chi connectivity index (χ3v) is 4.30. The minimum absolute atomic E-state index is 0.333. The van der Waals surface area contributed by atoms with Gasteiger partial charge in [0.25, 0.3) is 0 Å². The average molecular weight is 394 g/mol. The molecule has 1 atom stereocenters. The molecule has 1 unspecified atom stereocenters. The van der Waals surface area contributed by atoms with Gasteiger partial charge in [0.1, 0.15) is 5.82 Å². The maximum Gasteiger partial charge on any atom is 0.162 e. The number of alkyl halides is 1. The Morgan fingerprint density at radius 2 is 1.67 bits per heavy atom. The Kier molecular flexibility index (Phi) is 5.36. The summed E-state index contributed by atoms with van der Waals surface area (Å²) in [5.74, 6) is 0.576. The zero-order valence-electron chi connectivity index (χ0n) is 11.3. The Bertz CT molecular complexity index is 664. The van der Waals surface area contributed by atoms with Crippen LogP contribution in [0, 0.1) is 5.82 Å². The molecule has 0 amide bonds. The summed E-state index contributed by atoms with van der Waals surface area (Å²) in [6.45, 7) is 0. The summed E-state index contributed by atoms with van der Waals surface area (Å²) >= 11 is 15.9. The van der Waals surface area contributed by atoms with Crippen molar-refractivity contribution in [1.82, 2.24) is 0 Å². The van der Waals surface area contributed by atoms with E-state index in [0.717, 1.165) is 4.47 Å². The van der Waals surface area contributed by atoms with Gasteiger partial charge < -0.3 is 9.47 Å². The fourth-order valence-corrected chi connectivity index (χ4v) is 2.99. The number of hydrogen-bond acceptors (Lipinski definition) is 2. The van der Waals surface area contributed by atoms with E-state index in [9.17, 15) is 4.39 Å². The van der Waals surface area contributed by atoms with Crippen molar-refractivity contribution in [3.63, 3.8) is 0 Å². The van der Waals surface area contributed by atoms with Crippen molar-refractivity contribution in [3.8, 4) is 11.5 Å². The van der Waals surface area contributed by atoms with Gasteiger partial charge in [0, 0.05) is 21.1 Å². The lowest BCUT2D eigenvalue weighted by Crippen LogP contribution is -2.00. The third-order valence-electron chi connectivity index (χ3n) is 3.01. The molecule has 21 heavy (non-hydrogen) atoms. The lowest BCUT2D eigenvalue weighted by Gasteiger charge is -2.16. The summed E-state index contributed by atoms with van der Waals surface area (Å²) in [6.07, 6.45) is 0. The molecule has 2 nitrogen and oxygen atoms in total. The van der Waals surface area contributed by atoms with Gasteiger partial charge in [-0.05, 0) is 29.8 Å². The van der Waals surface area contributed by atoms with Crippen LogP contribution in [0.25, 0.3) is 0 Å². The molecule has 0 radical (unpaired) electrons. The first kappa shape index (κ1) is 16.4. The quantitative estimate of drug-likeness (QED) is 0.630. The topological polar surface area (TPSA) is 18.5 Å². The smallest absolute Gasteiger partial charge is 0.162 e. The fraction of sp³-hybridized carbons (Fsp3) is 0.200. The van der Waals surface area contributed by atoms with Crippen molar-refractivity contribution in [1.29, 1.82) is 0 Å². The molecule has 2 rings (SSSR count). The number of halogens is 4. The molecular formula is C15H12BrCl2FO2. The molecule has 6 heteroatoms. The predicted octanol–water partition coefficient (Wildman–Crippen LogP) is 5.59. The van der Waals surface area contributed by atoms with Gasteiger partial charge in [-0.1, -0.05) is 27.5 Å². The third kappa shape index (κ3) is 3.44. The van der Waals surface area contributed by atoms with Gasteiger partial charge in [-0.25, -0.2) is 4.39 Å². The van der Waals surface area contributed by atoms with Gasteiger partial charge in [-0.15, -0.1) is 11.6 Å². The van der Waals surface area contributed by atoms with E-state index in [1.54, 1.807) is 24.3 Å². The second-order valence-corrected chi connectivity index (χ2v) is 6.02. The highest BCUT2D eigenvalue weighted by Crippen LogP contribution is 2.41. The summed E-state index contributed by atoms with van der Waals surface area (Å²) in [6, 6.07) is 7.84. The number of benzene rings is 2. The van der Waals surface area contributed by atoms with Crippen LogP contribution in [0.1, 0.15) is 16.5 Å². The van der Waals surface area contributed by atoms with Crippen LogP contribution in [0.3, 0.4) is 0 Å². The maximum absolute atomic E-state index is 14.0. The largest absolute Gasteiger partial charge is 0.493 e. The molecule has 2 aromatic carbocycles. The molecule has 0 aliphatic rings. The Morgan fingerprint density at radius 1 is 1.05 bits per heavy atom. The molecule has 0 saturated carbocycles. The average Bonchev–Trinajstić information content (AvgIpc) is 2.48. The molecule has 0 bridgehead atoms. The van der Waals surface area contributed by atoms with Gasteiger partial charge in [0.2, 0.25) is 0 Å². The van der Waals surface area contributed by atoms with E-state index in [1.165, 1.54) is 20.3 Å². The van der Waals surface area contributed by atoms with Gasteiger partial charge in [-0.2, -0.15) is 0 Å². The molecule has 0 fully saturated rings. The molecule has 0 aliphatic carbocycles. The van der Waals surface area contributed by atoms with Crippen molar-refractivity contribution < 1.29 is 13.9 Å². The van der Waals surface area contributed by atoms with Crippen LogP contribution < -0.4 is 9.47 Å². The van der Waals surface area contributed by atoms with Gasteiger partial charge in [0.15, 0.2) is 11.5 Å². The molecule has 2 aromatic rings. The van der Waals surface area contributed by atoms with E-state index in [0.29, 0.717) is 27.6 Å². The van der Waals surface area contributed by atoms with Crippen LogP contribution in [0.4, 0.5) is 4.39 Å². The highest BCUT2D eigenvalue weighted by atomic mass is 79.9. The van der Waals surface area contributed by atoms with Crippen molar-refractivity contribution in [3.05, 3.63) is 56.8 Å². The fourth-order valence-electron chi connectivity index (χ4n) is 1.94. The van der Waals surface area contributed by atoms with Crippen LogP contribution in [-0.4, -0.2) is 14.2 Å². The van der Waals surface area contributed by atoms with E-state index in [-0.39, 0.29) is 0 Å². The maximum atomic E-state index is 14.0. The Balaban J connectivity index is 2.52. The highest BCUT2D eigenvalue weighted by Gasteiger charge is 2.21. The van der Waals surface area contributed by atoms with Crippen LogP contribution in [0.2, 0.25) is 5.02 Å². The van der Waals surface area contributed by atoms with E-state index in [1.807, 2.05) is 0 Å². The predicted molar refractivity (Wildman–Crippen MR) is 86.4 cm³/mol. The molecule has 0 heterocycles. The second kappa shape index (κ2) is 6.86. The van der Waals surface area contributed by atoms with E-state index >= 15 is 0 Å². The van der Waals surface area contributed by atoms with Gasteiger partial charge in [-0.3, -0.25) is 0 Å². The Labute approximate surface area is 140 Å². The van der Waals surface area contributed by atoms with Crippen LogP contribution in [0.15, 0.2) is 34.8 Å². The van der Waals surface area contributed by atoms with Crippen molar-refractivity contribution in [2.24, 2.45) is 0 Å². The zero-order valence-corrected chi connectivity index (χ0v) is 14.4. The molecular weight excluding hydrogens is 382 g/mol. The number of rotatable bonds is 4. The summed E-state index contributed by atoms with van der Waals surface area (Å²) in [4.78, 5) is 0. The van der Waals surface area contributed by atoms with Crippen LogP contribution in [-0.2, 0) is 0 Å². The van der Waals surface area contributed by atoms with E-state index in [2.05, 4.69) is 15.9 Å². The lowest BCUT2D eigenvalue weighted by molar-refractivity contribution is 0.354. The van der Waals surface area contributed by atoms with Crippen molar-refractivity contribution in [2.45, 2.75) is 5.38 Å². The number of hydrogen-bond donors (Lipinski definition) is 0. The summed E-state index contributed by atoms with van der Waals surface area (Å²) < 4.78 is 25.1. The molecule has 0 aliphatic heterocycles. The lowest BCUT2D eigenvalue weighted by atomic mass is 10.0. The molecule has 112 valence electrons.